The van der Waals surface area contributed by atoms with Gasteiger partial charge in [-0.2, -0.15) is 0 Å². The van der Waals surface area contributed by atoms with E-state index in [1.54, 1.807) is 0 Å². The molecule has 0 bridgehead atoms. The minimum absolute atomic E-state index is 0.401. The van der Waals surface area contributed by atoms with Crippen LogP contribution in [-0.4, -0.2) is 22.5 Å². The van der Waals surface area contributed by atoms with Gasteiger partial charge < -0.3 is 0 Å². The SMILES string of the molecule is CCC1CCC(CC)N1C(C)(C)CC. The predicted octanol–water partition coefficient (Wildman–Crippen LogP) is 3.83. The molecule has 14 heavy (non-hydrogen) atoms. The van der Waals surface area contributed by atoms with Crippen LogP contribution < -0.4 is 0 Å². The van der Waals surface area contributed by atoms with E-state index in [0.717, 1.165) is 12.1 Å². The minimum Gasteiger partial charge on any atom is -0.292 e. The predicted molar refractivity (Wildman–Crippen MR) is 63.6 cm³/mol. The number of hydrogen-bond donors (Lipinski definition) is 0. The maximum absolute atomic E-state index is 2.80. The molecule has 2 atom stereocenters. The van der Waals surface area contributed by atoms with E-state index in [1.807, 2.05) is 0 Å². The molecule has 1 nitrogen and oxygen atoms in total. The summed E-state index contributed by atoms with van der Waals surface area (Å²) in [5, 5.41) is 0. The molecular formula is C13H27N. The quantitative estimate of drug-likeness (QED) is 0.662. The fraction of sp³-hybridized carbons (Fsp3) is 1.00. The third-order valence-electron chi connectivity index (χ3n) is 4.13. The van der Waals surface area contributed by atoms with Crippen LogP contribution in [0, 0.1) is 0 Å². The molecule has 1 saturated heterocycles. The van der Waals surface area contributed by atoms with E-state index >= 15 is 0 Å². The monoisotopic (exact) mass is 197 g/mol. The Bertz CT molecular complexity index is 162. The van der Waals surface area contributed by atoms with E-state index in [2.05, 4.69) is 39.5 Å². The zero-order chi connectivity index (χ0) is 10.8. The Morgan fingerprint density at radius 2 is 1.43 bits per heavy atom. The van der Waals surface area contributed by atoms with Crippen LogP contribution >= 0.6 is 0 Å². The summed E-state index contributed by atoms with van der Waals surface area (Å²) in [6, 6.07) is 1.68. The zero-order valence-electron chi connectivity index (χ0n) is 10.6. The second-order valence-corrected chi connectivity index (χ2v) is 5.27. The van der Waals surface area contributed by atoms with Gasteiger partial charge in [0, 0.05) is 17.6 Å². The summed E-state index contributed by atoms with van der Waals surface area (Å²) in [6.45, 7) is 11.8. The Morgan fingerprint density at radius 1 is 1.00 bits per heavy atom. The van der Waals surface area contributed by atoms with Crippen molar-refractivity contribution >= 4 is 0 Å². The Labute approximate surface area is 89.9 Å². The molecule has 1 aliphatic rings. The molecule has 1 heteroatoms. The molecule has 0 aromatic heterocycles. The van der Waals surface area contributed by atoms with E-state index in [-0.39, 0.29) is 0 Å². The molecule has 0 aliphatic carbocycles. The summed E-state index contributed by atoms with van der Waals surface area (Å²) in [7, 11) is 0. The van der Waals surface area contributed by atoms with E-state index in [9.17, 15) is 0 Å². The molecule has 84 valence electrons. The van der Waals surface area contributed by atoms with Crippen LogP contribution in [0.3, 0.4) is 0 Å². The largest absolute Gasteiger partial charge is 0.292 e. The van der Waals surface area contributed by atoms with Crippen molar-refractivity contribution < 1.29 is 0 Å². The summed E-state index contributed by atoms with van der Waals surface area (Å²) < 4.78 is 0. The Hall–Kier alpha value is -0.0400. The van der Waals surface area contributed by atoms with Crippen LogP contribution in [-0.2, 0) is 0 Å². The van der Waals surface area contributed by atoms with Crippen LogP contribution in [0.2, 0.25) is 0 Å². The molecule has 1 fully saturated rings. The van der Waals surface area contributed by atoms with Crippen LogP contribution in [0.5, 0.6) is 0 Å². The number of hydrogen-bond acceptors (Lipinski definition) is 1. The van der Waals surface area contributed by atoms with Crippen LogP contribution in [0.25, 0.3) is 0 Å². The molecule has 1 heterocycles. The van der Waals surface area contributed by atoms with E-state index < -0.39 is 0 Å². The van der Waals surface area contributed by atoms with Crippen LogP contribution in [0.15, 0.2) is 0 Å². The second kappa shape index (κ2) is 4.65. The molecule has 1 rings (SSSR count). The van der Waals surface area contributed by atoms with Crippen LogP contribution in [0.4, 0.5) is 0 Å². The van der Waals surface area contributed by atoms with E-state index in [1.165, 1.54) is 32.1 Å². The van der Waals surface area contributed by atoms with Crippen molar-refractivity contribution in [2.24, 2.45) is 0 Å². The average Bonchev–Trinajstić information content (AvgIpc) is 2.61. The molecule has 0 aromatic rings. The van der Waals surface area contributed by atoms with Crippen molar-refractivity contribution in [3.63, 3.8) is 0 Å². The lowest BCUT2D eigenvalue weighted by Gasteiger charge is -2.43. The lowest BCUT2D eigenvalue weighted by molar-refractivity contribution is 0.0558. The average molecular weight is 197 g/mol. The summed E-state index contributed by atoms with van der Waals surface area (Å²) in [5.74, 6) is 0. The third kappa shape index (κ3) is 2.13. The first-order chi connectivity index (χ1) is 6.56. The number of rotatable bonds is 4. The topological polar surface area (TPSA) is 3.24 Å². The molecule has 0 spiro atoms. The van der Waals surface area contributed by atoms with Gasteiger partial charge in [0.05, 0.1) is 0 Å². The van der Waals surface area contributed by atoms with Crippen molar-refractivity contribution in [2.75, 3.05) is 0 Å². The van der Waals surface area contributed by atoms with Gasteiger partial charge in [0.25, 0.3) is 0 Å². The summed E-state index contributed by atoms with van der Waals surface area (Å²) >= 11 is 0. The van der Waals surface area contributed by atoms with Gasteiger partial charge in [0.15, 0.2) is 0 Å². The fourth-order valence-electron chi connectivity index (χ4n) is 2.93. The maximum atomic E-state index is 2.80. The van der Waals surface area contributed by atoms with Crippen molar-refractivity contribution in [1.82, 2.24) is 4.90 Å². The maximum Gasteiger partial charge on any atom is 0.0156 e. The van der Waals surface area contributed by atoms with Crippen LogP contribution in [0.1, 0.15) is 66.7 Å². The van der Waals surface area contributed by atoms with Gasteiger partial charge in [-0.05, 0) is 46.0 Å². The molecule has 1 aliphatic heterocycles. The Kier molecular flexibility index (Phi) is 4.00. The Morgan fingerprint density at radius 3 is 1.71 bits per heavy atom. The van der Waals surface area contributed by atoms with Crippen molar-refractivity contribution in [2.45, 2.75) is 84.3 Å². The van der Waals surface area contributed by atoms with Gasteiger partial charge in [-0.1, -0.05) is 20.8 Å². The third-order valence-corrected chi connectivity index (χ3v) is 4.13. The molecule has 0 radical (unpaired) electrons. The zero-order valence-corrected chi connectivity index (χ0v) is 10.6. The Balaban J connectivity index is 2.78. The van der Waals surface area contributed by atoms with Crippen molar-refractivity contribution in [3.8, 4) is 0 Å². The molecule has 0 N–H and O–H groups in total. The highest BCUT2D eigenvalue weighted by atomic mass is 15.3. The van der Waals surface area contributed by atoms with Gasteiger partial charge in [-0.15, -0.1) is 0 Å². The highest BCUT2D eigenvalue weighted by Gasteiger charge is 2.39. The van der Waals surface area contributed by atoms with Gasteiger partial charge in [0.2, 0.25) is 0 Å². The first-order valence-electron chi connectivity index (χ1n) is 6.35. The van der Waals surface area contributed by atoms with Crippen molar-refractivity contribution in [3.05, 3.63) is 0 Å². The lowest BCUT2D eigenvalue weighted by Crippen LogP contribution is -2.50. The summed E-state index contributed by atoms with van der Waals surface area (Å²) in [6.07, 6.45) is 6.73. The highest BCUT2D eigenvalue weighted by Crippen LogP contribution is 2.36. The van der Waals surface area contributed by atoms with Gasteiger partial charge >= 0.3 is 0 Å². The molecule has 0 saturated carbocycles. The second-order valence-electron chi connectivity index (χ2n) is 5.27. The molecular weight excluding hydrogens is 170 g/mol. The first kappa shape index (κ1) is 12.0. The molecule has 0 amide bonds. The lowest BCUT2D eigenvalue weighted by atomic mass is 9.95. The summed E-state index contributed by atoms with van der Waals surface area (Å²) in [4.78, 5) is 2.80. The first-order valence-corrected chi connectivity index (χ1v) is 6.35. The molecule has 2 unspecified atom stereocenters. The van der Waals surface area contributed by atoms with E-state index in [0.29, 0.717) is 5.54 Å². The fourth-order valence-corrected chi connectivity index (χ4v) is 2.93. The molecule has 0 aromatic carbocycles. The minimum atomic E-state index is 0.401. The summed E-state index contributed by atoms with van der Waals surface area (Å²) in [5.41, 5.74) is 0.401. The number of nitrogens with zero attached hydrogens (tertiary/aromatic N) is 1. The number of likely N-dealkylation sites (tertiary alicyclic amines) is 1. The smallest absolute Gasteiger partial charge is 0.0156 e. The normalized spacial score (nSPS) is 29.8. The highest BCUT2D eigenvalue weighted by molar-refractivity contribution is 4.94. The van der Waals surface area contributed by atoms with E-state index in [4.69, 9.17) is 0 Å². The van der Waals surface area contributed by atoms with Crippen molar-refractivity contribution in [1.29, 1.82) is 0 Å². The van der Waals surface area contributed by atoms with Gasteiger partial charge in [-0.25, -0.2) is 0 Å². The van der Waals surface area contributed by atoms with Gasteiger partial charge in [-0.3, -0.25) is 4.90 Å². The standard InChI is InChI=1S/C13H27N/c1-6-11-9-10-12(7-2)14(11)13(4,5)8-3/h11-12H,6-10H2,1-5H3. The van der Waals surface area contributed by atoms with Gasteiger partial charge in [0.1, 0.15) is 0 Å².